The van der Waals surface area contributed by atoms with Gasteiger partial charge in [0.05, 0.1) is 29.9 Å². The molecule has 0 aliphatic heterocycles. The lowest BCUT2D eigenvalue weighted by Crippen LogP contribution is -2.25. The zero-order chi connectivity index (χ0) is 23.0. The van der Waals surface area contributed by atoms with E-state index in [-0.39, 0.29) is 30.0 Å². The van der Waals surface area contributed by atoms with Crippen LogP contribution in [0.2, 0.25) is 0 Å². The van der Waals surface area contributed by atoms with E-state index in [2.05, 4.69) is 20.6 Å². The predicted molar refractivity (Wildman–Crippen MR) is 107 cm³/mol. The van der Waals surface area contributed by atoms with Crippen molar-refractivity contribution in [2.45, 2.75) is 59.2 Å². The van der Waals surface area contributed by atoms with Crippen molar-refractivity contribution < 1.29 is 22.5 Å². The van der Waals surface area contributed by atoms with Gasteiger partial charge in [0.2, 0.25) is 11.8 Å². The van der Waals surface area contributed by atoms with Gasteiger partial charge in [-0.05, 0) is 32.0 Å². The van der Waals surface area contributed by atoms with Crippen LogP contribution in [0.3, 0.4) is 0 Å². The Bertz CT molecular complexity index is 1090. The molecule has 1 N–H and O–H groups in total. The number of alkyl halides is 3. The molecular weight excluding hydrogens is 411 g/mol. The maximum atomic E-state index is 13.0. The van der Waals surface area contributed by atoms with Gasteiger partial charge in [-0.2, -0.15) is 23.3 Å². The van der Waals surface area contributed by atoms with E-state index in [0.717, 1.165) is 12.1 Å². The van der Waals surface area contributed by atoms with E-state index in [1.165, 1.54) is 10.7 Å². The molecule has 1 aromatic carbocycles. The van der Waals surface area contributed by atoms with Crippen LogP contribution in [-0.2, 0) is 29.4 Å². The average molecular weight is 435 g/mol. The molecule has 0 unspecified atom stereocenters. The number of aromatic nitrogens is 4. The van der Waals surface area contributed by atoms with Gasteiger partial charge in [-0.3, -0.25) is 4.79 Å². The zero-order valence-corrected chi connectivity index (χ0v) is 18.0. The van der Waals surface area contributed by atoms with Crippen LogP contribution in [0.25, 0.3) is 5.69 Å². The number of halogens is 3. The van der Waals surface area contributed by atoms with Crippen LogP contribution in [0.5, 0.6) is 0 Å². The third-order valence-corrected chi connectivity index (χ3v) is 4.75. The second-order valence-corrected chi connectivity index (χ2v) is 8.33. The lowest BCUT2D eigenvalue weighted by molar-refractivity contribution is -0.137. The van der Waals surface area contributed by atoms with Crippen LogP contribution < -0.4 is 5.32 Å². The number of hydrogen-bond acceptors (Lipinski definition) is 5. The van der Waals surface area contributed by atoms with E-state index in [4.69, 9.17) is 4.52 Å². The molecule has 3 aromatic rings. The van der Waals surface area contributed by atoms with Gasteiger partial charge >= 0.3 is 6.18 Å². The summed E-state index contributed by atoms with van der Waals surface area (Å²) in [4.78, 5) is 16.7. The molecule has 31 heavy (non-hydrogen) atoms. The lowest BCUT2D eigenvalue weighted by Gasteiger charge is -2.10. The van der Waals surface area contributed by atoms with Crippen LogP contribution in [0.1, 0.15) is 55.0 Å². The smallest absolute Gasteiger partial charge is 0.348 e. The molecule has 2 aromatic heterocycles. The predicted octanol–water partition coefficient (Wildman–Crippen LogP) is 4.05. The van der Waals surface area contributed by atoms with Crippen molar-refractivity contribution in [3.05, 3.63) is 58.5 Å². The maximum absolute atomic E-state index is 13.0. The van der Waals surface area contributed by atoms with Gasteiger partial charge in [-0.15, -0.1) is 0 Å². The van der Waals surface area contributed by atoms with E-state index >= 15 is 0 Å². The average Bonchev–Trinajstić information content (AvgIpc) is 3.26. The summed E-state index contributed by atoms with van der Waals surface area (Å²) < 4.78 is 45.7. The first-order valence-corrected chi connectivity index (χ1v) is 9.68. The molecular formula is C21H24F3N5O2. The molecule has 0 bridgehead atoms. The largest absolute Gasteiger partial charge is 0.416 e. The van der Waals surface area contributed by atoms with E-state index in [1.54, 1.807) is 19.9 Å². The van der Waals surface area contributed by atoms with E-state index in [9.17, 15) is 18.0 Å². The molecule has 1 amide bonds. The molecule has 0 radical (unpaired) electrons. The third kappa shape index (κ3) is 5.12. The third-order valence-electron chi connectivity index (χ3n) is 4.75. The van der Waals surface area contributed by atoms with E-state index < -0.39 is 11.7 Å². The molecule has 0 saturated carbocycles. The Morgan fingerprint density at radius 1 is 1.19 bits per heavy atom. The highest BCUT2D eigenvalue weighted by atomic mass is 19.4. The van der Waals surface area contributed by atoms with Crippen molar-refractivity contribution in [3.63, 3.8) is 0 Å². The second-order valence-electron chi connectivity index (χ2n) is 8.33. The summed E-state index contributed by atoms with van der Waals surface area (Å²) in [6.07, 6.45) is -4.42. The minimum Gasteiger partial charge on any atom is -0.348 e. The number of nitrogens with zero attached hydrogens (tertiary/aromatic N) is 4. The number of amides is 1. The summed E-state index contributed by atoms with van der Waals surface area (Å²) in [6.45, 7) is 9.37. The summed E-state index contributed by atoms with van der Waals surface area (Å²) in [5.74, 6) is 0.564. The Hall–Kier alpha value is -3.17. The van der Waals surface area contributed by atoms with Crippen molar-refractivity contribution in [1.82, 2.24) is 25.2 Å². The molecule has 0 spiro atoms. The number of carbonyl (C=O) groups is 1. The zero-order valence-electron chi connectivity index (χ0n) is 18.0. The first-order valence-electron chi connectivity index (χ1n) is 9.68. The molecule has 166 valence electrons. The Labute approximate surface area is 177 Å². The molecule has 0 aliphatic carbocycles. The summed E-state index contributed by atoms with van der Waals surface area (Å²) in [5.41, 5.74) is 1.05. The van der Waals surface area contributed by atoms with Crippen molar-refractivity contribution in [3.8, 4) is 5.69 Å². The van der Waals surface area contributed by atoms with Crippen LogP contribution in [-0.4, -0.2) is 25.8 Å². The van der Waals surface area contributed by atoms with E-state index in [0.29, 0.717) is 28.7 Å². The molecule has 0 fully saturated rings. The summed E-state index contributed by atoms with van der Waals surface area (Å²) in [7, 11) is 0. The normalized spacial score (nSPS) is 12.3. The topological polar surface area (TPSA) is 85.8 Å². The van der Waals surface area contributed by atoms with Crippen LogP contribution in [0.15, 0.2) is 28.8 Å². The maximum Gasteiger partial charge on any atom is 0.416 e. The number of rotatable bonds is 5. The number of carbonyl (C=O) groups excluding carboxylic acids is 1. The molecule has 7 nitrogen and oxygen atoms in total. The summed E-state index contributed by atoms with van der Waals surface area (Å²) in [5, 5.41) is 10.9. The highest BCUT2D eigenvalue weighted by Gasteiger charge is 2.31. The second kappa shape index (κ2) is 8.16. The van der Waals surface area contributed by atoms with Crippen molar-refractivity contribution >= 4 is 5.91 Å². The molecule has 2 heterocycles. The van der Waals surface area contributed by atoms with Gasteiger partial charge in [-0.25, -0.2) is 4.68 Å². The van der Waals surface area contributed by atoms with Gasteiger partial charge in [0.15, 0.2) is 5.82 Å². The molecule has 10 heteroatoms. The fourth-order valence-corrected chi connectivity index (χ4v) is 3.03. The molecule has 0 saturated heterocycles. The lowest BCUT2D eigenvalue weighted by atomic mass is 9.97. The minimum absolute atomic E-state index is 0.0284. The van der Waals surface area contributed by atoms with E-state index in [1.807, 2.05) is 20.8 Å². The summed E-state index contributed by atoms with van der Waals surface area (Å²) >= 11 is 0. The molecule has 0 atom stereocenters. The number of nitrogens with one attached hydrogen (secondary N) is 1. The van der Waals surface area contributed by atoms with Crippen LogP contribution in [0.4, 0.5) is 13.2 Å². The Morgan fingerprint density at radius 3 is 2.52 bits per heavy atom. The van der Waals surface area contributed by atoms with Crippen molar-refractivity contribution in [2.75, 3.05) is 0 Å². The number of hydrogen-bond donors (Lipinski definition) is 1. The monoisotopic (exact) mass is 435 g/mol. The summed E-state index contributed by atoms with van der Waals surface area (Å²) in [6, 6.07) is 4.91. The van der Waals surface area contributed by atoms with Crippen LogP contribution >= 0.6 is 0 Å². The Morgan fingerprint density at radius 2 is 1.90 bits per heavy atom. The Balaban J connectivity index is 1.72. The first kappa shape index (κ1) is 22.5. The van der Waals surface area contributed by atoms with Crippen LogP contribution in [0, 0.1) is 13.8 Å². The fourth-order valence-electron chi connectivity index (χ4n) is 3.03. The standard InChI is InChI=1S/C21H24F3N5O2/c1-12-16(10-18(30)25-11-17-26-19(31-28-17)20(3,4)5)13(2)29(27-12)15-8-6-7-14(9-15)21(22,23)24/h6-9H,10-11H2,1-5H3,(H,25,30). The molecule has 3 rings (SSSR count). The highest BCUT2D eigenvalue weighted by molar-refractivity contribution is 5.79. The fraction of sp³-hybridized carbons (Fsp3) is 0.429. The van der Waals surface area contributed by atoms with Crippen molar-refractivity contribution in [2.24, 2.45) is 0 Å². The van der Waals surface area contributed by atoms with Gasteiger partial charge in [-0.1, -0.05) is 32.0 Å². The first-order chi connectivity index (χ1) is 14.4. The van der Waals surface area contributed by atoms with Gasteiger partial charge < -0.3 is 9.84 Å². The highest BCUT2D eigenvalue weighted by Crippen LogP contribution is 2.31. The SMILES string of the molecule is Cc1nn(-c2cccc(C(F)(F)F)c2)c(C)c1CC(=O)NCc1noc(C(C)(C)C)n1. The van der Waals surface area contributed by atoms with Gasteiger partial charge in [0, 0.05) is 16.7 Å². The Kier molecular flexibility index (Phi) is 5.93. The molecule has 0 aliphatic rings. The quantitative estimate of drug-likeness (QED) is 0.654. The minimum atomic E-state index is -4.45. The van der Waals surface area contributed by atoms with Gasteiger partial charge in [0.1, 0.15) is 0 Å². The number of benzene rings is 1. The van der Waals surface area contributed by atoms with Crippen molar-refractivity contribution in [1.29, 1.82) is 0 Å². The van der Waals surface area contributed by atoms with Gasteiger partial charge in [0.25, 0.3) is 0 Å². The number of aryl methyl sites for hydroxylation is 1.